The summed E-state index contributed by atoms with van der Waals surface area (Å²) in [5, 5.41) is 7.22. The number of esters is 1. The number of benzene rings is 2. The van der Waals surface area contributed by atoms with E-state index in [4.69, 9.17) is 14.2 Å². The summed E-state index contributed by atoms with van der Waals surface area (Å²) in [7, 11) is 0. The zero-order valence-corrected chi connectivity index (χ0v) is 17.4. The molecule has 1 aromatic heterocycles. The van der Waals surface area contributed by atoms with Crippen LogP contribution >= 0.6 is 0 Å². The molecule has 0 atom stereocenters. The van der Waals surface area contributed by atoms with Crippen molar-refractivity contribution in [3.63, 3.8) is 0 Å². The Morgan fingerprint density at radius 1 is 1.06 bits per heavy atom. The number of hydrogen-bond donors (Lipinski definition) is 1. The first-order valence-corrected chi connectivity index (χ1v) is 9.97. The predicted octanol–water partition coefficient (Wildman–Crippen LogP) is 2.98. The van der Waals surface area contributed by atoms with Crippen molar-refractivity contribution in [2.45, 2.75) is 20.3 Å². The van der Waals surface area contributed by atoms with E-state index in [1.54, 1.807) is 22.9 Å². The van der Waals surface area contributed by atoms with E-state index >= 15 is 0 Å². The molecule has 0 saturated heterocycles. The highest BCUT2D eigenvalue weighted by molar-refractivity contribution is 5.93. The van der Waals surface area contributed by atoms with Gasteiger partial charge in [0, 0.05) is 23.0 Å². The van der Waals surface area contributed by atoms with Gasteiger partial charge in [-0.25, -0.2) is 4.68 Å². The summed E-state index contributed by atoms with van der Waals surface area (Å²) in [5.41, 5.74) is 3.86. The van der Waals surface area contributed by atoms with Crippen molar-refractivity contribution in [2.75, 3.05) is 25.1 Å². The fourth-order valence-electron chi connectivity index (χ4n) is 3.41. The standard InChI is InChI=1S/C23H23N3O5/c1-15-19(16(2)26(25-15)18-6-4-3-5-7-18)13-23(28)31-14-22(27)24-17-8-9-20-21(12-17)30-11-10-29-20/h3-9,12H,10-11,13-14H2,1-2H3,(H,24,27). The summed E-state index contributed by atoms with van der Waals surface area (Å²) in [6.07, 6.45) is 0.0435. The molecule has 160 valence electrons. The van der Waals surface area contributed by atoms with Crippen LogP contribution in [0.5, 0.6) is 11.5 Å². The normalized spacial score (nSPS) is 12.3. The van der Waals surface area contributed by atoms with Crippen molar-refractivity contribution in [3.05, 3.63) is 65.5 Å². The van der Waals surface area contributed by atoms with Crippen LogP contribution in [0.2, 0.25) is 0 Å². The first kappa shape index (κ1) is 20.5. The molecule has 0 radical (unpaired) electrons. The topological polar surface area (TPSA) is 91.7 Å². The molecule has 1 aliphatic heterocycles. The fraction of sp³-hybridized carbons (Fsp3) is 0.261. The zero-order chi connectivity index (χ0) is 21.8. The number of nitrogens with one attached hydrogen (secondary N) is 1. The third-order valence-electron chi connectivity index (χ3n) is 4.95. The second kappa shape index (κ2) is 8.91. The van der Waals surface area contributed by atoms with Gasteiger partial charge in [-0.2, -0.15) is 5.10 Å². The van der Waals surface area contributed by atoms with Gasteiger partial charge < -0.3 is 19.5 Å². The summed E-state index contributed by atoms with van der Waals surface area (Å²) in [6, 6.07) is 14.8. The minimum atomic E-state index is -0.490. The second-order valence-electron chi connectivity index (χ2n) is 7.14. The lowest BCUT2D eigenvalue weighted by Crippen LogP contribution is -2.22. The molecule has 0 bridgehead atoms. The average molecular weight is 421 g/mol. The van der Waals surface area contributed by atoms with E-state index in [1.807, 2.05) is 44.2 Å². The van der Waals surface area contributed by atoms with Crippen LogP contribution in [0.25, 0.3) is 5.69 Å². The van der Waals surface area contributed by atoms with E-state index in [1.165, 1.54) is 0 Å². The molecule has 8 heteroatoms. The molecule has 31 heavy (non-hydrogen) atoms. The van der Waals surface area contributed by atoms with Crippen LogP contribution in [-0.4, -0.2) is 41.5 Å². The van der Waals surface area contributed by atoms with E-state index in [-0.39, 0.29) is 13.0 Å². The van der Waals surface area contributed by atoms with Crippen LogP contribution < -0.4 is 14.8 Å². The zero-order valence-electron chi connectivity index (χ0n) is 17.4. The number of carbonyl (C=O) groups is 2. The lowest BCUT2D eigenvalue weighted by Gasteiger charge is -2.19. The van der Waals surface area contributed by atoms with E-state index < -0.39 is 11.9 Å². The van der Waals surface area contributed by atoms with E-state index in [0.717, 1.165) is 22.6 Å². The third-order valence-corrected chi connectivity index (χ3v) is 4.95. The maximum Gasteiger partial charge on any atom is 0.310 e. The molecule has 1 amide bonds. The van der Waals surface area contributed by atoms with Crippen LogP contribution in [0.15, 0.2) is 48.5 Å². The highest BCUT2D eigenvalue weighted by Crippen LogP contribution is 2.32. The van der Waals surface area contributed by atoms with Crippen LogP contribution in [0.1, 0.15) is 17.0 Å². The molecule has 4 rings (SSSR count). The Hall–Kier alpha value is -3.81. The lowest BCUT2D eigenvalue weighted by atomic mass is 10.1. The van der Waals surface area contributed by atoms with Crippen molar-refractivity contribution in [1.82, 2.24) is 9.78 Å². The number of rotatable bonds is 6. The summed E-state index contributed by atoms with van der Waals surface area (Å²) in [5.74, 6) is 0.287. The van der Waals surface area contributed by atoms with Crippen LogP contribution in [0, 0.1) is 13.8 Å². The Labute approximate surface area is 179 Å². The smallest absolute Gasteiger partial charge is 0.310 e. The van der Waals surface area contributed by atoms with Gasteiger partial charge in [-0.15, -0.1) is 0 Å². The van der Waals surface area contributed by atoms with Gasteiger partial charge in [0.1, 0.15) is 13.2 Å². The van der Waals surface area contributed by atoms with Gasteiger partial charge >= 0.3 is 5.97 Å². The number of aryl methyl sites for hydroxylation is 1. The van der Waals surface area contributed by atoms with Crippen LogP contribution in [0.3, 0.4) is 0 Å². The largest absolute Gasteiger partial charge is 0.486 e. The SMILES string of the molecule is Cc1nn(-c2ccccc2)c(C)c1CC(=O)OCC(=O)Nc1ccc2c(c1)OCCO2. The molecule has 2 heterocycles. The molecule has 0 aliphatic carbocycles. The Bertz CT molecular complexity index is 1110. The molecular formula is C23H23N3O5. The second-order valence-corrected chi connectivity index (χ2v) is 7.14. The quantitative estimate of drug-likeness (QED) is 0.616. The summed E-state index contributed by atoms with van der Waals surface area (Å²) in [6.45, 7) is 4.34. The number of carbonyl (C=O) groups excluding carboxylic acids is 2. The summed E-state index contributed by atoms with van der Waals surface area (Å²) in [4.78, 5) is 24.5. The Morgan fingerprint density at radius 2 is 1.81 bits per heavy atom. The predicted molar refractivity (Wildman–Crippen MR) is 114 cm³/mol. The van der Waals surface area contributed by atoms with E-state index in [2.05, 4.69) is 10.4 Å². The average Bonchev–Trinajstić information content (AvgIpc) is 3.06. The van der Waals surface area contributed by atoms with Gasteiger partial charge in [0.05, 0.1) is 17.8 Å². The van der Waals surface area contributed by atoms with Gasteiger partial charge in [0.25, 0.3) is 5.91 Å². The maximum atomic E-state index is 12.3. The van der Waals surface area contributed by atoms with Gasteiger partial charge in [0.2, 0.25) is 0 Å². The number of para-hydroxylation sites is 1. The first-order valence-electron chi connectivity index (χ1n) is 9.97. The molecule has 1 aliphatic rings. The molecule has 3 aromatic rings. The lowest BCUT2D eigenvalue weighted by molar-refractivity contribution is -0.146. The molecule has 2 aromatic carbocycles. The number of hydrogen-bond acceptors (Lipinski definition) is 6. The molecular weight excluding hydrogens is 398 g/mol. The highest BCUT2D eigenvalue weighted by atomic mass is 16.6. The maximum absolute atomic E-state index is 12.3. The van der Waals surface area contributed by atoms with Gasteiger partial charge in [-0.3, -0.25) is 9.59 Å². The van der Waals surface area contributed by atoms with Crippen molar-refractivity contribution >= 4 is 17.6 Å². The minimum Gasteiger partial charge on any atom is -0.486 e. The molecule has 8 nitrogen and oxygen atoms in total. The number of nitrogens with zero attached hydrogens (tertiary/aromatic N) is 2. The van der Waals surface area contributed by atoms with Gasteiger partial charge in [-0.1, -0.05) is 18.2 Å². The summed E-state index contributed by atoms with van der Waals surface area (Å²) < 4.78 is 17.9. The molecule has 0 saturated carbocycles. The Kier molecular flexibility index (Phi) is 5.88. The Balaban J connectivity index is 1.33. The molecule has 0 spiro atoms. The highest BCUT2D eigenvalue weighted by Gasteiger charge is 2.18. The van der Waals surface area contributed by atoms with E-state index in [0.29, 0.717) is 30.4 Å². The van der Waals surface area contributed by atoms with Crippen LogP contribution in [0.4, 0.5) is 5.69 Å². The number of ether oxygens (including phenoxy) is 3. The Morgan fingerprint density at radius 3 is 2.58 bits per heavy atom. The third kappa shape index (κ3) is 4.69. The minimum absolute atomic E-state index is 0.0435. The number of fused-ring (bicyclic) bond motifs is 1. The van der Waals surface area contributed by atoms with Crippen molar-refractivity contribution in [3.8, 4) is 17.2 Å². The number of amides is 1. The van der Waals surface area contributed by atoms with Crippen molar-refractivity contribution in [1.29, 1.82) is 0 Å². The van der Waals surface area contributed by atoms with Crippen molar-refractivity contribution < 1.29 is 23.8 Å². The fourth-order valence-corrected chi connectivity index (χ4v) is 3.41. The number of aromatic nitrogens is 2. The molecule has 1 N–H and O–H groups in total. The van der Waals surface area contributed by atoms with Gasteiger partial charge in [-0.05, 0) is 38.1 Å². The van der Waals surface area contributed by atoms with Gasteiger partial charge in [0.15, 0.2) is 18.1 Å². The first-order chi connectivity index (χ1) is 15.0. The molecule has 0 unspecified atom stereocenters. The summed E-state index contributed by atoms with van der Waals surface area (Å²) >= 11 is 0. The monoisotopic (exact) mass is 421 g/mol. The van der Waals surface area contributed by atoms with Crippen molar-refractivity contribution in [2.24, 2.45) is 0 Å². The van der Waals surface area contributed by atoms with E-state index in [9.17, 15) is 9.59 Å². The van der Waals surface area contributed by atoms with Crippen LogP contribution in [-0.2, 0) is 20.7 Å². The molecule has 0 fully saturated rings. The number of anilines is 1.